The molecule has 3 heteroatoms. The largest absolute Gasteiger partial charge is 0.355 e. The van der Waals surface area contributed by atoms with Crippen molar-refractivity contribution in [1.29, 1.82) is 0 Å². The molecule has 0 spiro atoms. The van der Waals surface area contributed by atoms with E-state index in [2.05, 4.69) is 4.98 Å². The number of aldehydes is 2. The molecule has 0 atom stereocenters. The monoisotopic (exact) mass is 193 g/mol. The number of carbonyl (C=O) groups excluding carboxylic acids is 2. The molecule has 0 aliphatic carbocycles. The summed E-state index contributed by atoms with van der Waals surface area (Å²) in [7, 11) is 0. The van der Waals surface area contributed by atoms with Gasteiger partial charge in [-0.05, 0) is 12.5 Å². The highest BCUT2D eigenvalue weighted by Crippen LogP contribution is 2.27. The summed E-state index contributed by atoms with van der Waals surface area (Å²) in [6.45, 7) is 7.78. The van der Waals surface area contributed by atoms with Gasteiger partial charge in [-0.3, -0.25) is 9.59 Å². The van der Waals surface area contributed by atoms with E-state index in [1.807, 2.05) is 20.8 Å². The van der Waals surface area contributed by atoms with Crippen LogP contribution in [0.15, 0.2) is 0 Å². The van der Waals surface area contributed by atoms with Crippen LogP contribution in [0.2, 0.25) is 0 Å². The number of carbonyl (C=O) groups is 2. The van der Waals surface area contributed by atoms with Crippen LogP contribution in [0.1, 0.15) is 52.9 Å². The molecule has 1 rings (SSSR count). The maximum atomic E-state index is 10.9. The molecule has 0 aromatic carbocycles. The van der Waals surface area contributed by atoms with E-state index < -0.39 is 0 Å². The Labute approximate surface area is 83.5 Å². The van der Waals surface area contributed by atoms with Crippen LogP contribution < -0.4 is 0 Å². The third-order valence-corrected chi connectivity index (χ3v) is 2.32. The van der Waals surface area contributed by atoms with Gasteiger partial charge >= 0.3 is 0 Å². The highest BCUT2D eigenvalue weighted by Gasteiger charge is 2.23. The summed E-state index contributed by atoms with van der Waals surface area (Å²) in [5.74, 6) is 0. The second-order valence-corrected chi connectivity index (χ2v) is 4.44. The van der Waals surface area contributed by atoms with Gasteiger partial charge in [0.25, 0.3) is 0 Å². The van der Waals surface area contributed by atoms with Gasteiger partial charge in [-0.25, -0.2) is 0 Å². The predicted molar refractivity (Wildman–Crippen MR) is 55.0 cm³/mol. The van der Waals surface area contributed by atoms with Crippen LogP contribution >= 0.6 is 0 Å². The minimum absolute atomic E-state index is 0.151. The zero-order valence-corrected chi connectivity index (χ0v) is 8.97. The van der Waals surface area contributed by atoms with Crippen LogP contribution in [0.3, 0.4) is 0 Å². The lowest BCUT2D eigenvalue weighted by molar-refractivity contribution is 0.111. The molecule has 1 heterocycles. The zero-order chi connectivity index (χ0) is 10.9. The maximum Gasteiger partial charge on any atom is 0.166 e. The fourth-order valence-corrected chi connectivity index (χ4v) is 1.49. The molecular formula is C11H15NO2. The first-order chi connectivity index (χ1) is 6.41. The summed E-state index contributed by atoms with van der Waals surface area (Å²) in [5, 5.41) is 0. The molecule has 0 aliphatic rings. The number of hydrogen-bond donors (Lipinski definition) is 1. The van der Waals surface area contributed by atoms with Crippen LogP contribution in [0.5, 0.6) is 0 Å². The number of hydrogen-bond acceptors (Lipinski definition) is 2. The fraction of sp³-hybridized carbons (Fsp3) is 0.455. The van der Waals surface area contributed by atoms with Gasteiger partial charge in [-0.15, -0.1) is 0 Å². The summed E-state index contributed by atoms with van der Waals surface area (Å²) in [5.41, 5.74) is 2.52. The Morgan fingerprint density at radius 2 is 1.71 bits per heavy atom. The summed E-state index contributed by atoms with van der Waals surface area (Å²) < 4.78 is 0. The molecule has 1 aromatic rings. The molecule has 0 amide bonds. The van der Waals surface area contributed by atoms with E-state index in [4.69, 9.17) is 0 Å². The third-order valence-electron chi connectivity index (χ3n) is 2.32. The van der Waals surface area contributed by atoms with Gasteiger partial charge < -0.3 is 4.98 Å². The Morgan fingerprint density at radius 3 is 2.00 bits per heavy atom. The van der Waals surface area contributed by atoms with Gasteiger partial charge in [-0.2, -0.15) is 0 Å². The minimum Gasteiger partial charge on any atom is -0.355 e. The lowest BCUT2D eigenvalue weighted by Crippen LogP contribution is -2.14. The number of rotatable bonds is 2. The van der Waals surface area contributed by atoms with Crippen molar-refractivity contribution in [2.45, 2.75) is 33.1 Å². The van der Waals surface area contributed by atoms with E-state index >= 15 is 0 Å². The molecule has 1 N–H and O–H groups in total. The van der Waals surface area contributed by atoms with Crippen LogP contribution in [0.25, 0.3) is 0 Å². The Morgan fingerprint density at radius 1 is 1.14 bits per heavy atom. The lowest BCUT2D eigenvalue weighted by Gasteiger charge is -2.17. The van der Waals surface area contributed by atoms with Crippen molar-refractivity contribution in [3.05, 3.63) is 22.5 Å². The second-order valence-electron chi connectivity index (χ2n) is 4.44. The Kier molecular flexibility index (Phi) is 2.60. The topological polar surface area (TPSA) is 49.9 Å². The first-order valence-corrected chi connectivity index (χ1v) is 4.55. The van der Waals surface area contributed by atoms with Crippen molar-refractivity contribution < 1.29 is 9.59 Å². The quantitative estimate of drug-likeness (QED) is 0.732. The maximum absolute atomic E-state index is 10.9. The molecule has 3 nitrogen and oxygen atoms in total. The molecule has 0 bridgehead atoms. The van der Waals surface area contributed by atoms with Crippen molar-refractivity contribution in [2.24, 2.45) is 0 Å². The van der Waals surface area contributed by atoms with Gasteiger partial charge in [0.05, 0.1) is 5.69 Å². The summed E-state index contributed by atoms with van der Waals surface area (Å²) in [6.07, 6.45) is 1.55. The van der Waals surface area contributed by atoms with Gasteiger partial charge in [0.2, 0.25) is 0 Å². The molecule has 0 fully saturated rings. The van der Waals surface area contributed by atoms with Crippen LogP contribution in [0, 0.1) is 6.92 Å². The predicted octanol–water partition coefficient (Wildman–Crippen LogP) is 2.25. The Hall–Kier alpha value is -1.38. The van der Waals surface area contributed by atoms with E-state index in [0.29, 0.717) is 11.3 Å². The lowest BCUT2D eigenvalue weighted by atomic mass is 9.89. The van der Waals surface area contributed by atoms with Crippen molar-refractivity contribution >= 4 is 12.6 Å². The number of aromatic amines is 1. The van der Waals surface area contributed by atoms with Gasteiger partial charge in [0.1, 0.15) is 0 Å². The molecule has 0 unspecified atom stereocenters. The van der Waals surface area contributed by atoms with E-state index in [1.54, 1.807) is 6.92 Å². The van der Waals surface area contributed by atoms with Gasteiger partial charge in [0, 0.05) is 16.7 Å². The fourth-order valence-electron chi connectivity index (χ4n) is 1.49. The van der Waals surface area contributed by atoms with E-state index in [1.165, 1.54) is 0 Å². The van der Waals surface area contributed by atoms with E-state index in [-0.39, 0.29) is 5.41 Å². The number of aromatic nitrogens is 1. The summed E-state index contributed by atoms with van der Waals surface area (Å²) in [4.78, 5) is 24.6. The van der Waals surface area contributed by atoms with Gasteiger partial charge in [-0.1, -0.05) is 20.8 Å². The molecule has 0 aliphatic heterocycles. The molecule has 14 heavy (non-hydrogen) atoms. The van der Waals surface area contributed by atoms with Crippen molar-refractivity contribution in [2.75, 3.05) is 0 Å². The van der Waals surface area contributed by atoms with Crippen LogP contribution in [-0.4, -0.2) is 17.6 Å². The SMILES string of the molecule is Cc1c(C=O)[nH]c(C(C)(C)C)c1C=O. The van der Waals surface area contributed by atoms with Crippen molar-refractivity contribution in [3.8, 4) is 0 Å². The van der Waals surface area contributed by atoms with Crippen LogP contribution in [-0.2, 0) is 5.41 Å². The zero-order valence-electron chi connectivity index (χ0n) is 8.97. The highest BCUT2D eigenvalue weighted by molar-refractivity contribution is 5.86. The number of nitrogens with one attached hydrogen (secondary N) is 1. The smallest absolute Gasteiger partial charge is 0.166 e. The summed E-state index contributed by atoms with van der Waals surface area (Å²) >= 11 is 0. The normalized spacial score (nSPS) is 11.4. The van der Waals surface area contributed by atoms with Gasteiger partial charge in [0.15, 0.2) is 12.6 Å². The Balaban J connectivity index is 3.44. The molecule has 76 valence electrons. The van der Waals surface area contributed by atoms with Crippen molar-refractivity contribution in [1.82, 2.24) is 4.98 Å². The third kappa shape index (κ3) is 1.62. The van der Waals surface area contributed by atoms with E-state index in [0.717, 1.165) is 23.8 Å². The molecule has 0 saturated carbocycles. The molecular weight excluding hydrogens is 178 g/mol. The van der Waals surface area contributed by atoms with Crippen LogP contribution in [0.4, 0.5) is 0 Å². The first-order valence-electron chi connectivity index (χ1n) is 4.55. The molecule has 0 radical (unpaired) electrons. The average molecular weight is 193 g/mol. The number of H-pyrrole nitrogens is 1. The standard InChI is InChI=1S/C11H15NO2/c1-7-8(5-13)10(11(2,3)4)12-9(7)6-14/h5-6,12H,1-4H3. The second kappa shape index (κ2) is 3.40. The highest BCUT2D eigenvalue weighted by atomic mass is 16.1. The molecule has 0 saturated heterocycles. The Bertz CT molecular complexity index is 369. The van der Waals surface area contributed by atoms with E-state index in [9.17, 15) is 9.59 Å². The first kappa shape index (κ1) is 10.7. The summed E-state index contributed by atoms with van der Waals surface area (Å²) in [6, 6.07) is 0. The van der Waals surface area contributed by atoms with Crippen molar-refractivity contribution in [3.63, 3.8) is 0 Å². The average Bonchev–Trinajstić information content (AvgIpc) is 2.41. The molecule has 1 aromatic heterocycles. The minimum atomic E-state index is -0.151.